The molecule has 0 aliphatic heterocycles. The summed E-state index contributed by atoms with van der Waals surface area (Å²) in [5.41, 5.74) is 12.0. The third kappa shape index (κ3) is 5.09. The number of thiophene rings is 1. The Bertz CT molecular complexity index is 3140. The van der Waals surface area contributed by atoms with E-state index < -0.39 is 0 Å². The molecule has 0 aliphatic carbocycles. The lowest BCUT2D eigenvalue weighted by Crippen LogP contribution is -2.09. The van der Waals surface area contributed by atoms with Gasteiger partial charge >= 0.3 is 0 Å². The van der Waals surface area contributed by atoms with Gasteiger partial charge in [0.1, 0.15) is 16.7 Å². The van der Waals surface area contributed by atoms with Crippen LogP contribution in [-0.2, 0) is 0 Å². The maximum Gasteiger partial charge on any atom is 0.228 e. The molecule has 3 aromatic heterocycles. The second-order valence-corrected chi connectivity index (χ2v) is 14.6. The van der Waals surface area contributed by atoms with E-state index in [9.17, 15) is 0 Å². The number of oxazole rings is 1. The highest BCUT2D eigenvalue weighted by atomic mass is 32.1. The molecule has 0 aliphatic rings. The first-order valence-electron chi connectivity index (χ1n) is 18.0. The van der Waals surface area contributed by atoms with Crippen LogP contribution in [0.1, 0.15) is 0 Å². The molecule has 0 N–H and O–H groups in total. The molecule has 0 fully saturated rings. The predicted molar refractivity (Wildman–Crippen MR) is 225 cm³/mol. The lowest BCUT2D eigenvalue weighted by Gasteiger charge is -2.26. The molecule has 0 spiro atoms. The zero-order valence-electron chi connectivity index (χ0n) is 28.9. The summed E-state index contributed by atoms with van der Waals surface area (Å²) < 4.78 is 15.4. The van der Waals surface area contributed by atoms with Crippen LogP contribution in [0.3, 0.4) is 0 Å². The second kappa shape index (κ2) is 12.3. The Kier molecular flexibility index (Phi) is 7.00. The number of aromatic nitrogens is 1. The fraction of sp³-hybridized carbons (Fsp3) is 0. The van der Waals surface area contributed by atoms with Crippen LogP contribution in [0.25, 0.3) is 86.9 Å². The van der Waals surface area contributed by atoms with Crippen molar-refractivity contribution < 1.29 is 8.83 Å². The third-order valence-corrected chi connectivity index (χ3v) is 11.4. The van der Waals surface area contributed by atoms with Crippen LogP contribution in [0.5, 0.6) is 0 Å². The molecule has 4 nitrogen and oxygen atoms in total. The number of nitrogens with zero attached hydrogens (tertiary/aromatic N) is 2. The van der Waals surface area contributed by atoms with E-state index in [4.69, 9.17) is 13.8 Å². The van der Waals surface area contributed by atoms with Gasteiger partial charge in [-0.2, -0.15) is 0 Å². The van der Waals surface area contributed by atoms with Crippen molar-refractivity contribution in [2.45, 2.75) is 0 Å². The summed E-state index contributed by atoms with van der Waals surface area (Å²) in [6.07, 6.45) is 0. The van der Waals surface area contributed by atoms with E-state index >= 15 is 0 Å². The first-order chi connectivity index (χ1) is 26.7. The molecule has 254 valence electrons. The van der Waals surface area contributed by atoms with Gasteiger partial charge in [0.2, 0.25) is 5.89 Å². The quantitative estimate of drug-likeness (QED) is 0.172. The van der Waals surface area contributed by atoms with Crippen LogP contribution < -0.4 is 4.90 Å². The molecule has 3 heterocycles. The summed E-state index contributed by atoms with van der Waals surface area (Å²) in [5, 5.41) is 4.56. The van der Waals surface area contributed by atoms with Gasteiger partial charge in [-0.25, -0.2) is 4.98 Å². The minimum Gasteiger partial charge on any atom is -0.456 e. The summed E-state index contributed by atoms with van der Waals surface area (Å²) >= 11 is 1.83. The highest BCUT2D eigenvalue weighted by Gasteiger charge is 2.20. The lowest BCUT2D eigenvalue weighted by molar-refractivity contribution is 0.620. The molecular formula is C49H30N2O2S. The Morgan fingerprint density at radius 2 is 1.06 bits per heavy atom. The fourth-order valence-electron chi connectivity index (χ4n) is 7.73. The van der Waals surface area contributed by atoms with Crippen LogP contribution >= 0.6 is 11.3 Å². The summed E-state index contributed by atoms with van der Waals surface area (Å²) in [6, 6.07) is 64.0. The number of hydrogen-bond acceptors (Lipinski definition) is 5. The zero-order chi connectivity index (χ0) is 35.6. The summed E-state index contributed by atoms with van der Waals surface area (Å²) in [6.45, 7) is 0. The Morgan fingerprint density at radius 1 is 0.407 bits per heavy atom. The summed E-state index contributed by atoms with van der Waals surface area (Å²) in [7, 11) is 0. The van der Waals surface area contributed by atoms with Gasteiger partial charge < -0.3 is 13.7 Å². The van der Waals surface area contributed by atoms with Crippen molar-refractivity contribution in [3.05, 3.63) is 182 Å². The molecule has 0 saturated carbocycles. The molecule has 54 heavy (non-hydrogen) atoms. The first-order valence-corrected chi connectivity index (χ1v) is 18.8. The minimum atomic E-state index is 0.584. The molecule has 0 radical (unpaired) electrons. The molecule has 11 rings (SSSR count). The maximum atomic E-state index is 6.59. The Balaban J connectivity index is 1.04. The van der Waals surface area contributed by atoms with E-state index in [-0.39, 0.29) is 0 Å². The van der Waals surface area contributed by atoms with Gasteiger partial charge in [0.05, 0.1) is 0 Å². The van der Waals surface area contributed by atoms with Gasteiger partial charge in [-0.05, 0) is 95.1 Å². The topological polar surface area (TPSA) is 42.4 Å². The smallest absolute Gasteiger partial charge is 0.228 e. The van der Waals surface area contributed by atoms with E-state index in [2.05, 4.69) is 150 Å². The van der Waals surface area contributed by atoms with Crippen LogP contribution in [0.4, 0.5) is 17.1 Å². The molecule has 0 unspecified atom stereocenters. The molecule has 0 atom stereocenters. The van der Waals surface area contributed by atoms with Crippen molar-refractivity contribution in [3.8, 4) is 33.7 Å². The Labute approximate surface area is 314 Å². The minimum absolute atomic E-state index is 0.584. The van der Waals surface area contributed by atoms with Crippen LogP contribution in [0.15, 0.2) is 191 Å². The van der Waals surface area contributed by atoms with E-state index in [1.165, 1.54) is 36.9 Å². The van der Waals surface area contributed by atoms with Gasteiger partial charge in [0.15, 0.2) is 5.58 Å². The highest BCUT2D eigenvalue weighted by Crippen LogP contribution is 2.44. The van der Waals surface area contributed by atoms with Crippen LogP contribution in [0, 0.1) is 0 Å². The monoisotopic (exact) mass is 710 g/mol. The number of para-hydroxylation sites is 2. The molecule has 8 aromatic carbocycles. The molecule has 0 saturated heterocycles. The molecule has 0 bridgehead atoms. The predicted octanol–water partition coefficient (Wildman–Crippen LogP) is 14.6. The van der Waals surface area contributed by atoms with Crippen LogP contribution in [0.2, 0.25) is 0 Å². The number of furan rings is 1. The molecular weight excluding hydrogens is 681 g/mol. The number of anilines is 3. The normalized spacial score (nSPS) is 11.7. The highest BCUT2D eigenvalue weighted by molar-refractivity contribution is 7.25. The van der Waals surface area contributed by atoms with Gasteiger partial charge in [0.25, 0.3) is 0 Å². The summed E-state index contributed by atoms with van der Waals surface area (Å²) in [4.78, 5) is 7.14. The van der Waals surface area contributed by atoms with Crippen molar-refractivity contribution in [2.75, 3.05) is 4.90 Å². The standard InChI is InChI=1S/C49H30N2O2S/c1-2-10-31(11-3-1)33-12-8-13-34(28-33)32-20-22-35(23-21-32)51(37-24-26-39-38-14-4-7-19-46(38)54-47(39)30-37)36-25-27-40-45(29-36)52-44-18-9-15-41(48(40)44)49-50-42-16-5-6-17-43(42)53-49/h1-30H. The third-order valence-electron chi connectivity index (χ3n) is 10.3. The largest absolute Gasteiger partial charge is 0.456 e. The van der Waals surface area contributed by atoms with Gasteiger partial charge in [-0.3, -0.25) is 0 Å². The number of benzene rings is 8. The van der Waals surface area contributed by atoms with Crippen molar-refractivity contribution in [3.63, 3.8) is 0 Å². The average molecular weight is 711 g/mol. The van der Waals surface area contributed by atoms with Crippen molar-refractivity contribution >= 4 is 81.6 Å². The molecule has 0 amide bonds. The lowest BCUT2D eigenvalue weighted by atomic mass is 9.99. The number of fused-ring (bicyclic) bond motifs is 7. The van der Waals surface area contributed by atoms with E-state index in [0.717, 1.165) is 61.2 Å². The molecule has 5 heteroatoms. The maximum absolute atomic E-state index is 6.59. The van der Waals surface area contributed by atoms with Crippen molar-refractivity contribution in [2.24, 2.45) is 0 Å². The Hall–Kier alpha value is -6.95. The second-order valence-electron chi connectivity index (χ2n) is 13.6. The van der Waals surface area contributed by atoms with Crippen molar-refractivity contribution in [1.82, 2.24) is 4.98 Å². The van der Waals surface area contributed by atoms with Crippen molar-refractivity contribution in [1.29, 1.82) is 0 Å². The number of hydrogen-bond donors (Lipinski definition) is 0. The van der Waals surface area contributed by atoms with Crippen LogP contribution in [-0.4, -0.2) is 4.98 Å². The van der Waals surface area contributed by atoms with Gasteiger partial charge in [0, 0.05) is 59.6 Å². The SMILES string of the molecule is c1ccc(-c2cccc(-c3ccc(N(c4ccc5c(c4)oc4cccc(-c6nc7ccccc7o6)c45)c4ccc5c(c4)sc4ccccc45)cc3)c2)cc1. The van der Waals surface area contributed by atoms with Gasteiger partial charge in [-0.15, -0.1) is 11.3 Å². The fourth-order valence-corrected chi connectivity index (χ4v) is 8.87. The van der Waals surface area contributed by atoms with E-state index in [0.29, 0.717) is 5.89 Å². The first kappa shape index (κ1) is 30.7. The van der Waals surface area contributed by atoms with E-state index in [1.54, 1.807) is 0 Å². The Morgan fingerprint density at radius 3 is 1.91 bits per heavy atom. The molecule has 11 aromatic rings. The number of rotatable bonds is 6. The average Bonchev–Trinajstić information content (AvgIpc) is 3.94. The van der Waals surface area contributed by atoms with E-state index in [1.807, 2.05) is 47.7 Å². The van der Waals surface area contributed by atoms with Gasteiger partial charge in [-0.1, -0.05) is 103 Å². The zero-order valence-corrected chi connectivity index (χ0v) is 29.8. The summed E-state index contributed by atoms with van der Waals surface area (Å²) in [5.74, 6) is 0.584.